The summed E-state index contributed by atoms with van der Waals surface area (Å²) in [5.74, 6) is 0.857. The van der Waals surface area contributed by atoms with Crippen molar-refractivity contribution < 1.29 is 5.11 Å². The molecule has 2 atom stereocenters. The highest BCUT2D eigenvalue weighted by Gasteiger charge is 2.25. The topological polar surface area (TPSA) is 32.3 Å². The average molecular weight is 386 g/mol. The Morgan fingerprint density at radius 2 is 1.55 bits per heavy atom. The molecule has 3 aromatic rings. The Morgan fingerprint density at radius 1 is 0.897 bits per heavy atom. The predicted molar refractivity (Wildman–Crippen MR) is 120 cm³/mol. The molecule has 2 heteroatoms. The molecule has 29 heavy (non-hydrogen) atoms. The molecule has 150 valence electrons. The summed E-state index contributed by atoms with van der Waals surface area (Å²) in [5.41, 5.74) is 5.21. The first-order chi connectivity index (χ1) is 14.2. The average Bonchev–Trinajstić information content (AvgIpc) is 2.78. The molecule has 2 unspecified atom stereocenters. The molecule has 0 aliphatic heterocycles. The van der Waals surface area contributed by atoms with E-state index in [1.807, 2.05) is 12.1 Å². The van der Waals surface area contributed by atoms with Gasteiger partial charge in [0, 0.05) is 18.0 Å². The highest BCUT2D eigenvalue weighted by atomic mass is 16.3. The van der Waals surface area contributed by atoms with E-state index in [2.05, 4.69) is 79.0 Å². The fraction of sp³-hybridized carbons (Fsp3) is 0.333. The van der Waals surface area contributed by atoms with E-state index in [0.29, 0.717) is 23.8 Å². The van der Waals surface area contributed by atoms with Crippen LogP contribution in [0.15, 0.2) is 78.9 Å². The summed E-state index contributed by atoms with van der Waals surface area (Å²) in [6.45, 7) is 2.29. The van der Waals surface area contributed by atoms with Crippen LogP contribution >= 0.6 is 0 Å². The van der Waals surface area contributed by atoms with E-state index in [4.69, 9.17) is 0 Å². The molecule has 1 aliphatic carbocycles. The fourth-order valence-electron chi connectivity index (χ4n) is 4.74. The van der Waals surface area contributed by atoms with Gasteiger partial charge in [0.2, 0.25) is 0 Å². The van der Waals surface area contributed by atoms with E-state index < -0.39 is 0 Å². The van der Waals surface area contributed by atoms with Crippen molar-refractivity contribution in [3.63, 3.8) is 0 Å². The number of fused-ring (bicyclic) bond motifs is 1. The highest BCUT2D eigenvalue weighted by Crippen LogP contribution is 2.32. The number of aromatic hydroxyl groups is 1. The summed E-state index contributed by atoms with van der Waals surface area (Å²) in [6, 6.07) is 28.7. The monoisotopic (exact) mass is 385 g/mol. The molecular formula is C27H31NO. The van der Waals surface area contributed by atoms with Crippen LogP contribution in [0, 0.1) is 0 Å². The number of hydrogen-bond donors (Lipinski definition) is 2. The third-order valence-electron chi connectivity index (χ3n) is 6.35. The maximum absolute atomic E-state index is 10.1. The quantitative estimate of drug-likeness (QED) is 0.535. The van der Waals surface area contributed by atoms with Crippen LogP contribution in [0.5, 0.6) is 5.75 Å². The highest BCUT2D eigenvalue weighted by molar-refractivity contribution is 5.41. The summed E-state index contributed by atoms with van der Waals surface area (Å²) in [7, 11) is 0. The van der Waals surface area contributed by atoms with Gasteiger partial charge in [-0.15, -0.1) is 0 Å². The van der Waals surface area contributed by atoms with Crippen LogP contribution in [0.4, 0.5) is 0 Å². The Hall–Kier alpha value is -2.58. The van der Waals surface area contributed by atoms with E-state index in [1.54, 1.807) is 0 Å². The van der Waals surface area contributed by atoms with Gasteiger partial charge in [0.15, 0.2) is 0 Å². The van der Waals surface area contributed by atoms with Gasteiger partial charge >= 0.3 is 0 Å². The SMILES string of the molecule is CCC(CC(c1ccccc1)c1ccccc1)NC1CCc2c(O)cccc2C1. The van der Waals surface area contributed by atoms with Crippen molar-refractivity contribution in [3.8, 4) is 5.75 Å². The largest absolute Gasteiger partial charge is 0.508 e. The van der Waals surface area contributed by atoms with Crippen LogP contribution in [0.2, 0.25) is 0 Å². The van der Waals surface area contributed by atoms with Crippen molar-refractivity contribution in [3.05, 3.63) is 101 Å². The molecule has 0 spiro atoms. The molecule has 1 aliphatic rings. The maximum Gasteiger partial charge on any atom is 0.119 e. The Balaban J connectivity index is 1.49. The zero-order chi connectivity index (χ0) is 20.1. The number of phenols is 1. The number of benzene rings is 3. The number of phenolic OH excluding ortho intramolecular Hbond substituents is 1. The summed E-state index contributed by atoms with van der Waals surface area (Å²) >= 11 is 0. The van der Waals surface area contributed by atoms with Gasteiger partial charge in [-0.3, -0.25) is 0 Å². The number of rotatable bonds is 7. The summed E-state index contributed by atoms with van der Waals surface area (Å²) < 4.78 is 0. The van der Waals surface area contributed by atoms with E-state index in [-0.39, 0.29) is 0 Å². The van der Waals surface area contributed by atoms with Crippen molar-refractivity contribution in [1.29, 1.82) is 0 Å². The molecule has 0 heterocycles. The van der Waals surface area contributed by atoms with Crippen molar-refractivity contribution >= 4 is 0 Å². The van der Waals surface area contributed by atoms with Gasteiger partial charge in [-0.05, 0) is 60.4 Å². The molecule has 0 radical (unpaired) electrons. The van der Waals surface area contributed by atoms with Crippen molar-refractivity contribution in [2.75, 3.05) is 0 Å². The lowest BCUT2D eigenvalue weighted by molar-refractivity contribution is 0.358. The van der Waals surface area contributed by atoms with E-state index in [1.165, 1.54) is 16.7 Å². The second kappa shape index (κ2) is 9.28. The summed E-state index contributed by atoms with van der Waals surface area (Å²) in [4.78, 5) is 0. The molecule has 0 aromatic heterocycles. The summed E-state index contributed by atoms with van der Waals surface area (Å²) in [5, 5.41) is 14.1. The molecule has 3 aromatic carbocycles. The van der Waals surface area contributed by atoms with Gasteiger partial charge in [0.05, 0.1) is 0 Å². The summed E-state index contributed by atoms with van der Waals surface area (Å²) in [6.07, 6.45) is 5.24. The Kier molecular flexibility index (Phi) is 6.31. The van der Waals surface area contributed by atoms with Gasteiger partial charge in [-0.25, -0.2) is 0 Å². The minimum Gasteiger partial charge on any atom is -0.508 e. The van der Waals surface area contributed by atoms with Crippen LogP contribution in [-0.4, -0.2) is 17.2 Å². The van der Waals surface area contributed by atoms with Crippen molar-refractivity contribution in [1.82, 2.24) is 5.32 Å². The second-order valence-corrected chi connectivity index (χ2v) is 8.24. The van der Waals surface area contributed by atoms with Crippen LogP contribution in [-0.2, 0) is 12.8 Å². The van der Waals surface area contributed by atoms with Crippen LogP contribution in [0.3, 0.4) is 0 Å². The third-order valence-corrected chi connectivity index (χ3v) is 6.35. The molecule has 2 nitrogen and oxygen atoms in total. The van der Waals surface area contributed by atoms with E-state index >= 15 is 0 Å². The smallest absolute Gasteiger partial charge is 0.119 e. The molecule has 0 amide bonds. The predicted octanol–water partition coefficient (Wildman–Crippen LogP) is 5.84. The van der Waals surface area contributed by atoms with Crippen molar-refractivity contribution in [2.45, 2.75) is 57.0 Å². The molecule has 0 saturated heterocycles. The normalized spacial score (nSPS) is 17.1. The minimum atomic E-state index is 0.398. The van der Waals surface area contributed by atoms with Gasteiger partial charge in [0.1, 0.15) is 5.75 Å². The lowest BCUT2D eigenvalue weighted by atomic mass is 9.83. The lowest BCUT2D eigenvalue weighted by Gasteiger charge is -2.32. The Morgan fingerprint density at radius 3 is 2.17 bits per heavy atom. The number of hydrogen-bond acceptors (Lipinski definition) is 2. The van der Waals surface area contributed by atoms with Gasteiger partial charge in [-0.2, -0.15) is 0 Å². The van der Waals surface area contributed by atoms with E-state index in [0.717, 1.165) is 37.7 Å². The first-order valence-electron chi connectivity index (χ1n) is 10.9. The maximum atomic E-state index is 10.1. The first-order valence-corrected chi connectivity index (χ1v) is 10.9. The zero-order valence-corrected chi connectivity index (χ0v) is 17.2. The molecule has 4 rings (SSSR count). The van der Waals surface area contributed by atoms with Crippen molar-refractivity contribution in [2.24, 2.45) is 0 Å². The van der Waals surface area contributed by atoms with Crippen LogP contribution < -0.4 is 5.32 Å². The molecule has 0 bridgehead atoms. The van der Waals surface area contributed by atoms with Gasteiger partial charge in [0.25, 0.3) is 0 Å². The van der Waals surface area contributed by atoms with Crippen LogP contribution in [0.25, 0.3) is 0 Å². The minimum absolute atomic E-state index is 0.398. The Labute approximate surface area is 174 Å². The molecular weight excluding hydrogens is 354 g/mol. The van der Waals surface area contributed by atoms with Gasteiger partial charge in [-0.1, -0.05) is 79.7 Å². The first kappa shape index (κ1) is 19.7. The Bertz CT molecular complexity index is 867. The van der Waals surface area contributed by atoms with Gasteiger partial charge < -0.3 is 10.4 Å². The zero-order valence-electron chi connectivity index (χ0n) is 17.2. The lowest BCUT2D eigenvalue weighted by Crippen LogP contribution is -2.42. The molecule has 0 saturated carbocycles. The molecule has 2 N–H and O–H groups in total. The third kappa shape index (κ3) is 4.71. The fourth-order valence-corrected chi connectivity index (χ4v) is 4.74. The van der Waals surface area contributed by atoms with Crippen LogP contribution in [0.1, 0.15) is 54.4 Å². The molecule has 0 fully saturated rings. The second-order valence-electron chi connectivity index (χ2n) is 8.24. The number of nitrogens with one attached hydrogen (secondary N) is 1. The standard InChI is InChI=1S/C27H31NO/c1-2-23(28-24-16-17-25-22(18-24)14-9-15-27(25)29)19-26(20-10-5-3-6-11-20)21-12-7-4-8-13-21/h3-15,23-24,26,28-29H,2,16-19H2,1H3. The van der Waals surface area contributed by atoms with E-state index in [9.17, 15) is 5.11 Å².